The van der Waals surface area contributed by atoms with Crippen LogP contribution in [0.25, 0.3) is 10.7 Å². The fourth-order valence-electron chi connectivity index (χ4n) is 2.97. The third-order valence-corrected chi connectivity index (χ3v) is 5.74. The number of piperazine rings is 1. The number of rotatable bonds is 6. The van der Waals surface area contributed by atoms with Crippen molar-refractivity contribution in [2.45, 2.75) is 25.6 Å². The smallest absolute Gasteiger partial charge is 0.234 e. The predicted molar refractivity (Wildman–Crippen MR) is 99.9 cm³/mol. The third kappa shape index (κ3) is 4.35. The van der Waals surface area contributed by atoms with E-state index in [9.17, 15) is 4.79 Å². The average Bonchev–Trinajstić information content (AvgIpc) is 3.09. The second-order valence-electron chi connectivity index (χ2n) is 6.64. The molecule has 9 heteroatoms. The summed E-state index contributed by atoms with van der Waals surface area (Å²) >= 11 is 7.02. The molecule has 1 saturated carbocycles. The van der Waals surface area contributed by atoms with E-state index in [1.807, 2.05) is 22.2 Å². The number of nitrogens with zero attached hydrogens (tertiary/aromatic N) is 4. The Labute approximate surface area is 155 Å². The first kappa shape index (κ1) is 16.9. The van der Waals surface area contributed by atoms with E-state index in [1.54, 1.807) is 11.3 Å². The SMILES string of the molecule is O=C(CN1CCN(Cn2[nH]c(-c3cccs3)nc2=S)CC1)NC1CC1. The minimum atomic E-state index is 0.160. The minimum Gasteiger partial charge on any atom is -0.352 e. The van der Waals surface area contributed by atoms with E-state index < -0.39 is 0 Å². The van der Waals surface area contributed by atoms with Gasteiger partial charge in [-0.15, -0.1) is 11.3 Å². The van der Waals surface area contributed by atoms with Crippen LogP contribution in [-0.4, -0.2) is 69.2 Å². The maximum absolute atomic E-state index is 11.9. The number of hydrogen-bond acceptors (Lipinski definition) is 6. The quantitative estimate of drug-likeness (QED) is 0.746. The van der Waals surface area contributed by atoms with Gasteiger partial charge in [-0.05, 0) is 36.5 Å². The Morgan fingerprint density at radius 2 is 2.08 bits per heavy atom. The van der Waals surface area contributed by atoms with E-state index in [-0.39, 0.29) is 5.91 Å². The van der Waals surface area contributed by atoms with Crippen molar-refractivity contribution < 1.29 is 4.79 Å². The number of carbonyl (C=O) groups is 1. The molecule has 0 radical (unpaired) electrons. The zero-order chi connectivity index (χ0) is 17.2. The van der Waals surface area contributed by atoms with Crippen LogP contribution in [0.5, 0.6) is 0 Å². The number of nitrogens with one attached hydrogen (secondary N) is 2. The maximum Gasteiger partial charge on any atom is 0.234 e. The summed E-state index contributed by atoms with van der Waals surface area (Å²) in [6.45, 7) is 4.86. The van der Waals surface area contributed by atoms with Crippen LogP contribution in [0.4, 0.5) is 0 Å². The molecule has 134 valence electrons. The number of amides is 1. The van der Waals surface area contributed by atoms with Crippen molar-refractivity contribution in [2.75, 3.05) is 32.7 Å². The fourth-order valence-corrected chi connectivity index (χ4v) is 3.83. The number of hydrogen-bond donors (Lipinski definition) is 2. The molecule has 4 rings (SSSR count). The topological polar surface area (TPSA) is 69.2 Å². The van der Waals surface area contributed by atoms with Gasteiger partial charge in [-0.1, -0.05) is 6.07 Å². The summed E-state index contributed by atoms with van der Waals surface area (Å²) in [5.74, 6) is 0.989. The first-order valence-electron chi connectivity index (χ1n) is 8.62. The number of thiophene rings is 1. The molecule has 0 spiro atoms. The summed E-state index contributed by atoms with van der Waals surface area (Å²) < 4.78 is 2.49. The molecule has 1 amide bonds. The summed E-state index contributed by atoms with van der Waals surface area (Å²) in [6, 6.07) is 4.48. The minimum absolute atomic E-state index is 0.160. The van der Waals surface area contributed by atoms with Crippen LogP contribution in [-0.2, 0) is 11.5 Å². The molecule has 2 aromatic rings. The molecule has 0 aromatic carbocycles. The van der Waals surface area contributed by atoms with Gasteiger partial charge in [0.15, 0.2) is 5.82 Å². The Kier molecular flexibility index (Phi) is 4.98. The van der Waals surface area contributed by atoms with Gasteiger partial charge < -0.3 is 5.32 Å². The molecule has 0 unspecified atom stereocenters. The van der Waals surface area contributed by atoms with Crippen LogP contribution in [0.1, 0.15) is 12.8 Å². The molecule has 7 nitrogen and oxygen atoms in total. The van der Waals surface area contributed by atoms with E-state index in [4.69, 9.17) is 12.2 Å². The lowest BCUT2D eigenvalue weighted by Gasteiger charge is -2.34. The molecule has 2 aliphatic rings. The van der Waals surface area contributed by atoms with Crippen LogP contribution in [0.15, 0.2) is 17.5 Å². The molecule has 1 aliphatic heterocycles. The highest BCUT2D eigenvalue weighted by Crippen LogP contribution is 2.21. The van der Waals surface area contributed by atoms with Gasteiger partial charge >= 0.3 is 0 Å². The first-order valence-corrected chi connectivity index (χ1v) is 9.91. The highest BCUT2D eigenvalue weighted by atomic mass is 32.1. The molecular weight excluding hydrogens is 356 g/mol. The molecule has 25 heavy (non-hydrogen) atoms. The number of H-pyrrole nitrogens is 1. The summed E-state index contributed by atoms with van der Waals surface area (Å²) in [4.78, 5) is 22.0. The molecule has 2 fully saturated rings. The largest absolute Gasteiger partial charge is 0.352 e. The highest BCUT2D eigenvalue weighted by Gasteiger charge is 2.25. The van der Waals surface area contributed by atoms with Crippen LogP contribution < -0.4 is 5.32 Å². The van der Waals surface area contributed by atoms with Crippen molar-refractivity contribution in [2.24, 2.45) is 0 Å². The standard InChI is InChI=1S/C16H22N6OS2/c23-14(17-12-3-4-12)10-20-5-7-21(8-6-20)11-22-16(24)18-15(19-22)13-2-1-9-25-13/h1-2,9,12H,3-8,10-11H2,(H,17,23)(H,18,19,24). The fraction of sp³-hybridized carbons (Fsp3) is 0.562. The van der Waals surface area contributed by atoms with Crippen molar-refractivity contribution >= 4 is 29.5 Å². The Morgan fingerprint density at radius 1 is 1.32 bits per heavy atom. The van der Waals surface area contributed by atoms with Gasteiger partial charge in [-0.2, -0.15) is 4.98 Å². The van der Waals surface area contributed by atoms with Crippen molar-refractivity contribution in [3.63, 3.8) is 0 Å². The van der Waals surface area contributed by atoms with Gasteiger partial charge in [0.1, 0.15) is 0 Å². The summed E-state index contributed by atoms with van der Waals surface area (Å²) in [5.41, 5.74) is 0. The van der Waals surface area contributed by atoms with Gasteiger partial charge in [0.2, 0.25) is 10.7 Å². The molecule has 0 atom stereocenters. The van der Waals surface area contributed by atoms with Gasteiger partial charge in [-0.25, -0.2) is 4.68 Å². The Morgan fingerprint density at radius 3 is 2.76 bits per heavy atom. The Bertz CT molecular complexity index is 771. The normalized spacial score (nSPS) is 19.2. The first-order chi connectivity index (χ1) is 12.2. The van der Waals surface area contributed by atoms with E-state index in [0.717, 1.165) is 49.7 Å². The second-order valence-corrected chi connectivity index (χ2v) is 7.95. The zero-order valence-electron chi connectivity index (χ0n) is 14.0. The van der Waals surface area contributed by atoms with E-state index in [0.29, 0.717) is 24.0 Å². The highest BCUT2D eigenvalue weighted by molar-refractivity contribution is 7.71. The van der Waals surface area contributed by atoms with Crippen molar-refractivity contribution in [3.8, 4) is 10.7 Å². The third-order valence-electron chi connectivity index (χ3n) is 4.55. The van der Waals surface area contributed by atoms with E-state index in [1.165, 1.54) is 0 Å². The lowest BCUT2D eigenvalue weighted by atomic mass is 10.3. The lowest BCUT2D eigenvalue weighted by molar-refractivity contribution is -0.122. The zero-order valence-corrected chi connectivity index (χ0v) is 15.6. The Hall–Kier alpha value is -1.55. The van der Waals surface area contributed by atoms with Crippen molar-refractivity contribution in [3.05, 3.63) is 22.3 Å². The molecule has 1 saturated heterocycles. The molecule has 2 N–H and O–H groups in total. The van der Waals surface area contributed by atoms with Crippen LogP contribution >= 0.6 is 23.6 Å². The average molecular weight is 379 g/mol. The molecule has 3 heterocycles. The van der Waals surface area contributed by atoms with Crippen LogP contribution in [0.2, 0.25) is 0 Å². The van der Waals surface area contributed by atoms with Gasteiger partial charge in [0.05, 0.1) is 18.1 Å². The molecule has 0 bridgehead atoms. The summed E-state index contributed by atoms with van der Waals surface area (Å²) in [6.07, 6.45) is 2.27. The Balaban J connectivity index is 1.28. The van der Waals surface area contributed by atoms with E-state index in [2.05, 4.69) is 25.2 Å². The van der Waals surface area contributed by atoms with E-state index >= 15 is 0 Å². The molecular formula is C16H22N6OS2. The second kappa shape index (κ2) is 7.36. The number of carbonyl (C=O) groups excluding carboxylic acids is 1. The van der Waals surface area contributed by atoms with Gasteiger partial charge in [0.25, 0.3) is 0 Å². The monoisotopic (exact) mass is 378 g/mol. The van der Waals surface area contributed by atoms with Crippen molar-refractivity contribution in [1.29, 1.82) is 0 Å². The maximum atomic E-state index is 11.9. The molecule has 2 aromatic heterocycles. The predicted octanol–water partition coefficient (Wildman–Crippen LogP) is 1.52. The summed E-state index contributed by atoms with van der Waals surface area (Å²) in [5, 5.41) is 8.38. The van der Waals surface area contributed by atoms with Crippen molar-refractivity contribution in [1.82, 2.24) is 29.9 Å². The number of aromatic nitrogens is 3. The molecule has 1 aliphatic carbocycles. The summed E-state index contributed by atoms with van der Waals surface area (Å²) in [7, 11) is 0. The van der Waals surface area contributed by atoms with Crippen LogP contribution in [0.3, 0.4) is 0 Å². The lowest BCUT2D eigenvalue weighted by Crippen LogP contribution is -2.49. The number of aromatic amines is 1. The van der Waals surface area contributed by atoms with Crippen LogP contribution in [0, 0.1) is 4.77 Å². The van der Waals surface area contributed by atoms with Gasteiger partial charge in [-0.3, -0.25) is 19.7 Å². The van der Waals surface area contributed by atoms with Gasteiger partial charge in [0, 0.05) is 32.2 Å².